The first-order chi connectivity index (χ1) is 7.74. The van der Waals surface area contributed by atoms with Gasteiger partial charge in [-0.05, 0) is 42.4 Å². The van der Waals surface area contributed by atoms with Crippen molar-refractivity contribution < 1.29 is 9.84 Å². The van der Waals surface area contributed by atoms with Gasteiger partial charge in [0.2, 0.25) is 0 Å². The number of phenols is 1. The second kappa shape index (κ2) is 5.19. The van der Waals surface area contributed by atoms with Gasteiger partial charge in [-0.15, -0.1) is 0 Å². The predicted molar refractivity (Wildman–Crippen MR) is 68.1 cm³/mol. The van der Waals surface area contributed by atoms with E-state index in [-0.39, 0.29) is 0 Å². The summed E-state index contributed by atoms with van der Waals surface area (Å²) in [6, 6.07) is 7.57. The number of hydrogen-bond donors (Lipinski definition) is 1. The molecule has 0 bridgehead atoms. The minimum Gasteiger partial charge on any atom is -0.508 e. The summed E-state index contributed by atoms with van der Waals surface area (Å²) >= 11 is 3.63. The van der Waals surface area contributed by atoms with Crippen LogP contribution in [0.5, 0.6) is 5.75 Å². The summed E-state index contributed by atoms with van der Waals surface area (Å²) < 4.78 is 5.42. The normalized spacial score (nSPS) is 19.6. The van der Waals surface area contributed by atoms with Crippen LogP contribution < -0.4 is 0 Å². The van der Waals surface area contributed by atoms with Crippen molar-refractivity contribution in [2.45, 2.75) is 19.3 Å². The van der Waals surface area contributed by atoms with Crippen molar-refractivity contribution >= 4 is 15.9 Å². The van der Waals surface area contributed by atoms with Gasteiger partial charge < -0.3 is 9.84 Å². The van der Waals surface area contributed by atoms with Crippen LogP contribution in [0.2, 0.25) is 0 Å². The predicted octanol–water partition coefficient (Wildman–Crippen LogP) is 3.13. The summed E-state index contributed by atoms with van der Waals surface area (Å²) in [4.78, 5) is 0. The van der Waals surface area contributed by atoms with E-state index < -0.39 is 0 Å². The van der Waals surface area contributed by atoms with E-state index in [1.54, 1.807) is 6.07 Å². The summed E-state index contributed by atoms with van der Waals surface area (Å²) in [7, 11) is 0. The number of alkyl halides is 1. The van der Waals surface area contributed by atoms with Gasteiger partial charge in [0.15, 0.2) is 0 Å². The molecular formula is C13H17BrO2. The third kappa shape index (κ3) is 2.77. The van der Waals surface area contributed by atoms with Gasteiger partial charge in [0, 0.05) is 18.5 Å². The zero-order valence-electron chi connectivity index (χ0n) is 9.29. The summed E-state index contributed by atoms with van der Waals surface area (Å²) in [5.74, 6) is 0.356. The van der Waals surface area contributed by atoms with Gasteiger partial charge in [-0.2, -0.15) is 0 Å². The maximum atomic E-state index is 9.46. The zero-order chi connectivity index (χ0) is 11.4. The molecule has 1 saturated heterocycles. The molecule has 1 heterocycles. The highest BCUT2D eigenvalue weighted by Gasteiger charge is 2.31. The fourth-order valence-corrected chi connectivity index (χ4v) is 3.02. The molecule has 1 aromatic carbocycles. The van der Waals surface area contributed by atoms with Crippen LogP contribution in [-0.2, 0) is 11.2 Å². The van der Waals surface area contributed by atoms with Gasteiger partial charge >= 0.3 is 0 Å². The third-order valence-electron chi connectivity index (χ3n) is 3.33. The van der Waals surface area contributed by atoms with Crippen LogP contribution >= 0.6 is 15.9 Å². The number of rotatable bonds is 3. The lowest BCUT2D eigenvalue weighted by atomic mass is 9.77. The zero-order valence-corrected chi connectivity index (χ0v) is 10.9. The molecule has 2 rings (SSSR count). The smallest absolute Gasteiger partial charge is 0.115 e. The molecule has 1 N–H and O–H groups in total. The number of halogens is 1. The lowest BCUT2D eigenvalue weighted by molar-refractivity contribution is 0.0269. The number of phenolic OH excluding ortho intramolecular Hbond substituents is 1. The molecule has 0 radical (unpaired) electrons. The molecule has 0 aliphatic carbocycles. The van der Waals surface area contributed by atoms with Gasteiger partial charge in [0.1, 0.15) is 5.75 Å². The van der Waals surface area contributed by atoms with E-state index in [1.165, 1.54) is 5.56 Å². The first kappa shape index (κ1) is 11.9. The fraction of sp³-hybridized carbons (Fsp3) is 0.538. The fourth-order valence-electron chi connectivity index (χ4n) is 2.26. The Morgan fingerprint density at radius 1 is 1.31 bits per heavy atom. The standard InChI is InChI=1S/C13H17BrO2/c14-10-13(4-6-16-7-5-13)9-11-2-1-3-12(15)8-11/h1-3,8,15H,4-7,9-10H2. The van der Waals surface area contributed by atoms with Crippen LogP contribution in [0.3, 0.4) is 0 Å². The Balaban J connectivity index is 2.11. The topological polar surface area (TPSA) is 29.5 Å². The van der Waals surface area contributed by atoms with Crippen molar-refractivity contribution in [2.24, 2.45) is 5.41 Å². The molecule has 1 aliphatic heterocycles. The van der Waals surface area contributed by atoms with E-state index in [1.807, 2.05) is 12.1 Å². The van der Waals surface area contributed by atoms with E-state index in [2.05, 4.69) is 22.0 Å². The third-order valence-corrected chi connectivity index (χ3v) is 4.52. The summed E-state index contributed by atoms with van der Waals surface area (Å²) in [6.07, 6.45) is 3.19. The molecule has 0 atom stereocenters. The molecule has 0 amide bonds. The van der Waals surface area contributed by atoms with Crippen molar-refractivity contribution in [1.82, 2.24) is 0 Å². The SMILES string of the molecule is Oc1cccc(CC2(CBr)CCOCC2)c1. The van der Waals surface area contributed by atoms with Crippen LogP contribution in [0.1, 0.15) is 18.4 Å². The van der Waals surface area contributed by atoms with Crippen molar-refractivity contribution in [2.75, 3.05) is 18.5 Å². The van der Waals surface area contributed by atoms with E-state index in [0.717, 1.165) is 37.8 Å². The minimum absolute atomic E-state index is 0.298. The largest absolute Gasteiger partial charge is 0.508 e. The van der Waals surface area contributed by atoms with Gasteiger partial charge in [-0.3, -0.25) is 0 Å². The monoisotopic (exact) mass is 284 g/mol. The molecule has 0 spiro atoms. The molecule has 0 unspecified atom stereocenters. The Morgan fingerprint density at radius 2 is 2.06 bits per heavy atom. The second-order valence-electron chi connectivity index (χ2n) is 4.59. The van der Waals surface area contributed by atoms with Crippen molar-refractivity contribution in [1.29, 1.82) is 0 Å². The van der Waals surface area contributed by atoms with E-state index in [9.17, 15) is 5.11 Å². The first-order valence-electron chi connectivity index (χ1n) is 5.66. The van der Waals surface area contributed by atoms with E-state index >= 15 is 0 Å². The van der Waals surface area contributed by atoms with Crippen LogP contribution in [0.15, 0.2) is 24.3 Å². The molecule has 1 aromatic rings. The molecular weight excluding hydrogens is 268 g/mol. The van der Waals surface area contributed by atoms with Gasteiger partial charge in [0.25, 0.3) is 0 Å². The van der Waals surface area contributed by atoms with E-state index in [4.69, 9.17) is 4.74 Å². The Morgan fingerprint density at radius 3 is 2.69 bits per heavy atom. The number of aromatic hydroxyl groups is 1. The van der Waals surface area contributed by atoms with Crippen molar-refractivity contribution in [3.05, 3.63) is 29.8 Å². The second-order valence-corrected chi connectivity index (χ2v) is 5.15. The van der Waals surface area contributed by atoms with E-state index in [0.29, 0.717) is 11.2 Å². The molecule has 0 aromatic heterocycles. The number of hydrogen-bond acceptors (Lipinski definition) is 2. The molecule has 1 fully saturated rings. The highest BCUT2D eigenvalue weighted by molar-refractivity contribution is 9.09. The van der Waals surface area contributed by atoms with Crippen molar-refractivity contribution in [3.8, 4) is 5.75 Å². The average molecular weight is 285 g/mol. The Labute approximate surface area is 105 Å². The average Bonchev–Trinajstić information content (AvgIpc) is 2.30. The van der Waals surface area contributed by atoms with Crippen LogP contribution in [0.25, 0.3) is 0 Å². The van der Waals surface area contributed by atoms with Crippen LogP contribution in [0, 0.1) is 5.41 Å². The van der Waals surface area contributed by atoms with Gasteiger partial charge in [-0.1, -0.05) is 28.1 Å². The molecule has 0 saturated carbocycles. The highest BCUT2D eigenvalue weighted by Crippen LogP contribution is 2.36. The quantitative estimate of drug-likeness (QED) is 0.865. The number of ether oxygens (including phenoxy) is 1. The highest BCUT2D eigenvalue weighted by atomic mass is 79.9. The van der Waals surface area contributed by atoms with Crippen molar-refractivity contribution in [3.63, 3.8) is 0 Å². The van der Waals surface area contributed by atoms with Gasteiger partial charge in [-0.25, -0.2) is 0 Å². The Kier molecular flexibility index (Phi) is 3.87. The lowest BCUT2D eigenvalue weighted by Gasteiger charge is -2.35. The Hall–Kier alpha value is -0.540. The first-order valence-corrected chi connectivity index (χ1v) is 6.78. The maximum Gasteiger partial charge on any atom is 0.115 e. The lowest BCUT2D eigenvalue weighted by Crippen LogP contribution is -2.33. The molecule has 88 valence electrons. The summed E-state index contributed by atoms with van der Waals surface area (Å²) in [6.45, 7) is 1.70. The molecule has 2 nitrogen and oxygen atoms in total. The van der Waals surface area contributed by atoms with Gasteiger partial charge in [0.05, 0.1) is 0 Å². The minimum atomic E-state index is 0.298. The molecule has 1 aliphatic rings. The summed E-state index contributed by atoms with van der Waals surface area (Å²) in [5.41, 5.74) is 1.51. The maximum absolute atomic E-state index is 9.46. The van der Waals surface area contributed by atoms with Crippen LogP contribution in [0.4, 0.5) is 0 Å². The number of benzene rings is 1. The molecule has 3 heteroatoms. The molecule has 16 heavy (non-hydrogen) atoms. The van der Waals surface area contributed by atoms with Crippen LogP contribution in [-0.4, -0.2) is 23.7 Å². The Bertz CT molecular complexity index is 346. The summed E-state index contributed by atoms with van der Waals surface area (Å²) in [5, 5.41) is 10.5.